The van der Waals surface area contributed by atoms with Gasteiger partial charge >= 0.3 is 11.9 Å². The van der Waals surface area contributed by atoms with Crippen LogP contribution in [0, 0.1) is 17.8 Å². The molecule has 30 heavy (non-hydrogen) atoms. The predicted molar refractivity (Wildman–Crippen MR) is 107 cm³/mol. The molecular formula is C23H31NO6. The molecule has 1 saturated carbocycles. The Kier molecular flexibility index (Phi) is 5.89. The van der Waals surface area contributed by atoms with Gasteiger partial charge in [-0.3, -0.25) is 14.4 Å². The number of nitrogens with zero attached hydrogens (tertiary/aromatic N) is 1. The smallest absolute Gasteiger partial charge is 0.332 e. The van der Waals surface area contributed by atoms with E-state index in [2.05, 4.69) is 0 Å². The molecule has 164 valence electrons. The third kappa shape index (κ3) is 3.22. The first-order valence-corrected chi connectivity index (χ1v) is 11.2. The van der Waals surface area contributed by atoms with Crippen molar-refractivity contribution in [3.05, 3.63) is 23.7 Å². The van der Waals surface area contributed by atoms with Crippen LogP contribution in [0.1, 0.15) is 57.3 Å². The first-order chi connectivity index (χ1) is 14.5. The van der Waals surface area contributed by atoms with Gasteiger partial charge in [0.15, 0.2) is 0 Å². The lowest BCUT2D eigenvalue weighted by atomic mass is 9.62. The predicted octanol–water partition coefficient (Wildman–Crippen LogP) is 2.85. The quantitative estimate of drug-likeness (QED) is 0.523. The maximum Gasteiger partial charge on any atom is 0.332 e. The molecule has 1 amide bonds. The van der Waals surface area contributed by atoms with Crippen molar-refractivity contribution in [3.63, 3.8) is 0 Å². The lowest BCUT2D eigenvalue weighted by Crippen LogP contribution is -2.57. The van der Waals surface area contributed by atoms with E-state index in [1.54, 1.807) is 19.9 Å². The minimum absolute atomic E-state index is 0.105. The van der Waals surface area contributed by atoms with Gasteiger partial charge in [0.05, 0.1) is 25.4 Å². The number of likely N-dealkylation sites (tertiary alicyclic amines) is 1. The number of esters is 2. The lowest BCUT2D eigenvalue weighted by Gasteiger charge is -2.38. The first kappa shape index (κ1) is 20.9. The Balaban J connectivity index is 1.74. The fourth-order valence-corrected chi connectivity index (χ4v) is 5.72. The van der Waals surface area contributed by atoms with Crippen LogP contribution in [-0.4, -0.2) is 49.0 Å². The molecule has 3 aliphatic rings. The van der Waals surface area contributed by atoms with Gasteiger partial charge < -0.3 is 18.8 Å². The zero-order valence-corrected chi connectivity index (χ0v) is 17.9. The van der Waals surface area contributed by atoms with Gasteiger partial charge in [-0.25, -0.2) is 0 Å². The molecule has 1 saturated heterocycles. The highest BCUT2D eigenvalue weighted by molar-refractivity contribution is 6.11. The second-order valence-electron chi connectivity index (χ2n) is 8.71. The van der Waals surface area contributed by atoms with Crippen LogP contribution >= 0.6 is 0 Å². The molecular weight excluding hydrogens is 386 g/mol. The van der Waals surface area contributed by atoms with Crippen molar-refractivity contribution in [1.29, 1.82) is 0 Å². The SMILES string of the molecule is CCOC(=O)C1(C(=O)OCC)c2occc2C[C@@H]2CN(CC3CCCCC3)C(=O)[C@H]21. The Morgan fingerprint density at radius 3 is 2.43 bits per heavy atom. The summed E-state index contributed by atoms with van der Waals surface area (Å²) in [5.74, 6) is -1.96. The van der Waals surface area contributed by atoms with Crippen molar-refractivity contribution in [2.45, 2.75) is 57.8 Å². The highest BCUT2D eigenvalue weighted by atomic mass is 16.6. The minimum Gasteiger partial charge on any atom is -0.467 e. The van der Waals surface area contributed by atoms with Gasteiger partial charge in [-0.1, -0.05) is 19.3 Å². The van der Waals surface area contributed by atoms with Crippen LogP contribution in [0.4, 0.5) is 0 Å². The van der Waals surface area contributed by atoms with Gasteiger partial charge in [-0.05, 0) is 56.6 Å². The van der Waals surface area contributed by atoms with Crippen LogP contribution in [0.3, 0.4) is 0 Å². The molecule has 0 aromatic carbocycles. The van der Waals surface area contributed by atoms with Crippen molar-refractivity contribution in [3.8, 4) is 0 Å². The number of amides is 1. The topological polar surface area (TPSA) is 86.1 Å². The second kappa shape index (κ2) is 8.44. The van der Waals surface area contributed by atoms with Crippen molar-refractivity contribution >= 4 is 17.8 Å². The summed E-state index contributed by atoms with van der Waals surface area (Å²) >= 11 is 0. The maximum atomic E-state index is 13.6. The molecule has 1 aromatic heterocycles. The summed E-state index contributed by atoms with van der Waals surface area (Å²) in [5, 5.41) is 0. The number of ether oxygens (including phenoxy) is 2. The monoisotopic (exact) mass is 417 g/mol. The molecule has 7 nitrogen and oxygen atoms in total. The van der Waals surface area contributed by atoms with Gasteiger partial charge in [-0.15, -0.1) is 0 Å². The molecule has 0 N–H and O–H groups in total. The highest BCUT2D eigenvalue weighted by Gasteiger charge is 2.68. The molecule has 1 aromatic rings. The summed E-state index contributed by atoms with van der Waals surface area (Å²) in [4.78, 5) is 42.2. The van der Waals surface area contributed by atoms with E-state index >= 15 is 0 Å². The van der Waals surface area contributed by atoms with Crippen LogP contribution in [0.2, 0.25) is 0 Å². The molecule has 0 unspecified atom stereocenters. The highest BCUT2D eigenvalue weighted by Crippen LogP contribution is 2.51. The van der Waals surface area contributed by atoms with Crippen molar-refractivity contribution < 1.29 is 28.3 Å². The summed E-state index contributed by atoms with van der Waals surface area (Å²) in [6.07, 6.45) is 7.98. The fourth-order valence-electron chi connectivity index (χ4n) is 5.72. The van der Waals surface area contributed by atoms with E-state index in [-0.39, 0.29) is 30.8 Å². The summed E-state index contributed by atoms with van der Waals surface area (Å²) < 4.78 is 16.4. The van der Waals surface area contributed by atoms with E-state index in [4.69, 9.17) is 13.9 Å². The third-order valence-corrected chi connectivity index (χ3v) is 6.96. The Morgan fingerprint density at radius 2 is 1.80 bits per heavy atom. The standard InChI is InChI=1S/C23H31NO6/c1-3-28-21(26)23(22(27)29-4-2)18-17(12-16-10-11-30-19(16)23)14-24(20(18)25)13-15-8-6-5-7-9-15/h10-11,15,17-18H,3-9,12-14H2,1-2H3/t17-,18+/m1/s1. The number of rotatable bonds is 6. The second-order valence-corrected chi connectivity index (χ2v) is 8.71. The number of hydrogen-bond donors (Lipinski definition) is 0. The number of carbonyl (C=O) groups is 3. The zero-order chi connectivity index (χ0) is 21.3. The summed E-state index contributed by atoms with van der Waals surface area (Å²) in [6.45, 7) is 4.82. The summed E-state index contributed by atoms with van der Waals surface area (Å²) in [7, 11) is 0. The zero-order valence-electron chi connectivity index (χ0n) is 17.9. The molecule has 0 spiro atoms. The molecule has 4 rings (SSSR count). The lowest BCUT2D eigenvalue weighted by molar-refractivity contribution is -0.173. The summed E-state index contributed by atoms with van der Waals surface area (Å²) in [5.41, 5.74) is -1.09. The number of fused-ring (bicyclic) bond motifs is 2. The number of carbonyl (C=O) groups excluding carboxylic acids is 3. The van der Waals surface area contributed by atoms with Gasteiger partial charge in [0, 0.05) is 13.1 Å². The van der Waals surface area contributed by atoms with E-state index in [1.165, 1.54) is 25.5 Å². The first-order valence-electron chi connectivity index (χ1n) is 11.2. The minimum atomic E-state index is -1.87. The Labute approximate surface area is 177 Å². The number of furan rings is 1. The molecule has 0 bridgehead atoms. The van der Waals surface area contributed by atoms with Crippen LogP contribution in [0.5, 0.6) is 0 Å². The van der Waals surface area contributed by atoms with Crippen LogP contribution in [-0.2, 0) is 35.7 Å². The largest absolute Gasteiger partial charge is 0.467 e. The molecule has 0 radical (unpaired) electrons. The maximum absolute atomic E-state index is 13.6. The third-order valence-electron chi connectivity index (χ3n) is 6.96. The van der Waals surface area contributed by atoms with Crippen molar-refractivity contribution in [2.75, 3.05) is 26.3 Å². The van der Waals surface area contributed by atoms with Crippen LogP contribution < -0.4 is 0 Å². The van der Waals surface area contributed by atoms with E-state index in [9.17, 15) is 14.4 Å². The Hall–Kier alpha value is -2.31. The molecule has 7 heteroatoms. The van der Waals surface area contributed by atoms with Crippen LogP contribution in [0.15, 0.2) is 16.7 Å². The normalized spacial score (nSPS) is 25.5. The van der Waals surface area contributed by atoms with Crippen molar-refractivity contribution in [2.24, 2.45) is 17.8 Å². The molecule has 2 aliphatic carbocycles. The average Bonchev–Trinajstić information content (AvgIpc) is 3.32. The van der Waals surface area contributed by atoms with E-state index in [0.717, 1.165) is 18.4 Å². The average molecular weight is 418 g/mol. The summed E-state index contributed by atoms with van der Waals surface area (Å²) in [6, 6.07) is 1.78. The Bertz CT molecular complexity index is 790. The fraction of sp³-hybridized carbons (Fsp3) is 0.696. The number of hydrogen-bond acceptors (Lipinski definition) is 6. The molecule has 2 atom stereocenters. The van der Waals surface area contributed by atoms with E-state index in [1.807, 2.05) is 4.90 Å². The molecule has 1 aliphatic heterocycles. The molecule has 2 heterocycles. The van der Waals surface area contributed by atoms with E-state index < -0.39 is 23.3 Å². The van der Waals surface area contributed by atoms with Gasteiger partial charge in [0.2, 0.25) is 11.3 Å². The Morgan fingerprint density at radius 1 is 1.13 bits per heavy atom. The van der Waals surface area contributed by atoms with E-state index in [0.29, 0.717) is 25.4 Å². The molecule has 2 fully saturated rings. The van der Waals surface area contributed by atoms with Gasteiger partial charge in [0.25, 0.3) is 0 Å². The van der Waals surface area contributed by atoms with Crippen molar-refractivity contribution in [1.82, 2.24) is 4.90 Å². The van der Waals surface area contributed by atoms with Gasteiger partial charge in [-0.2, -0.15) is 0 Å². The van der Waals surface area contributed by atoms with Crippen LogP contribution in [0.25, 0.3) is 0 Å². The van der Waals surface area contributed by atoms with Gasteiger partial charge in [0.1, 0.15) is 5.76 Å².